The number of nitrogens with zero attached hydrogens (tertiary/aromatic N) is 1. The molecule has 0 atom stereocenters. The molecule has 0 fully saturated rings. The molecule has 0 amide bonds. The van der Waals surface area contributed by atoms with E-state index in [1.807, 2.05) is 22.6 Å². The molecule has 74 valence electrons. The van der Waals surface area contributed by atoms with E-state index >= 15 is 0 Å². The van der Waals surface area contributed by atoms with Crippen molar-refractivity contribution in [3.8, 4) is 0 Å². The number of rotatable bonds is 2. The number of halogens is 3. The summed E-state index contributed by atoms with van der Waals surface area (Å²) in [6, 6.07) is 3.12. The largest absolute Gasteiger partial charge is 0.477 e. The van der Waals surface area contributed by atoms with Crippen LogP contribution in [0, 0.1) is 3.57 Å². The van der Waals surface area contributed by atoms with Crippen LogP contribution in [0.2, 0.25) is 10.0 Å². The Morgan fingerprint density at radius 3 is 2.71 bits per heavy atom. The first-order valence-corrected chi connectivity index (χ1v) is 5.25. The molecule has 1 N–H and O–H groups in total. The molecule has 0 heterocycles. The smallest absolute Gasteiger partial charge is 0.346 e. The van der Waals surface area contributed by atoms with E-state index in [1.54, 1.807) is 12.1 Å². The minimum absolute atomic E-state index is 0.424. The monoisotopic (exact) mass is 343 g/mol. The van der Waals surface area contributed by atoms with Gasteiger partial charge in [0, 0.05) is 5.02 Å². The van der Waals surface area contributed by atoms with Crippen molar-refractivity contribution < 1.29 is 9.90 Å². The zero-order chi connectivity index (χ0) is 10.7. The van der Waals surface area contributed by atoms with Crippen LogP contribution in [-0.2, 0) is 4.79 Å². The maximum Gasteiger partial charge on any atom is 0.346 e. The fraction of sp³-hybridized carbons (Fsp3) is 0. The maximum atomic E-state index is 10.2. The fourth-order valence-electron chi connectivity index (χ4n) is 0.761. The molecule has 0 saturated carbocycles. The van der Waals surface area contributed by atoms with E-state index < -0.39 is 5.97 Å². The minimum Gasteiger partial charge on any atom is -0.477 e. The zero-order valence-corrected chi connectivity index (χ0v) is 10.3. The number of hydrogen-bond donors (Lipinski definition) is 1. The van der Waals surface area contributed by atoms with Crippen molar-refractivity contribution in [3.63, 3.8) is 0 Å². The van der Waals surface area contributed by atoms with E-state index in [1.165, 1.54) is 0 Å². The van der Waals surface area contributed by atoms with Gasteiger partial charge in [0.15, 0.2) is 0 Å². The number of aliphatic carboxylic acids is 1. The SMILES string of the molecule is O=C(O)C=Nc1cc(Cl)cc(Cl)c1I. The predicted octanol–water partition coefficient (Wildman–Crippen LogP) is 3.38. The van der Waals surface area contributed by atoms with E-state index in [4.69, 9.17) is 28.3 Å². The van der Waals surface area contributed by atoms with Gasteiger partial charge < -0.3 is 5.11 Å². The molecular weight excluding hydrogens is 340 g/mol. The van der Waals surface area contributed by atoms with E-state index in [0.717, 1.165) is 6.21 Å². The highest BCUT2D eigenvalue weighted by atomic mass is 127. The van der Waals surface area contributed by atoms with Gasteiger partial charge in [0.25, 0.3) is 0 Å². The van der Waals surface area contributed by atoms with Gasteiger partial charge in [0.1, 0.15) is 6.21 Å². The zero-order valence-electron chi connectivity index (χ0n) is 6.67. The van der Waals surface area contributed by atoms with Crippen molar-refractivity contribution in [1.29, 1.82) is 0 Å². The minimum atomic E-state index is -1.11. The van der Waals surface area contributed by atoms with Crippen molar-refractivity contribution in [2.75, 3.05) is 0 Å². The van der Waals surface area contributed by atoms with Gasteiger partial charge in [0.05, 0.1) is 14.3 Å². The average Bonchev–Trinajstić information content (AvgIpc) is 2.08. The summed E-state index contributed by atoms with van der Waals surface area (Å²) < 4.78 is 0.672. The van der Waals surface area contributed by atoms with Crippen LogP contribution in [0.15, 0.2) is 17.1 Å². The molecule has 3 nitrogen and oxygen atoms in total. The number of carbonyl (C=O) groups is 1. The Kier molecular flexibility index (Phi) is 4.15. The maximum absolute atomic E-state index is 10.2. The van der Waals surface area contributed by atoms with E-state index in [0.29, 0.717) is 19.3 Å². The normalized spacial score (nSPS) is 10.8. The Labute approximate surface area is 104 Å². The molecule has 1 aromatic rings. The van der Waals surface area contributed by atoms with Crippen LogP contribution >= 0.6 is 45.8 Å². The molecule has 0 aliphatic heterocycles. The first kappa shape index (κ1) is 11.7. The summed E-state index contributed by atoms with van der Waals surface area (Å²) in [6.45, 7) is 0. The summed E-state index contributed by atoms with van der Waals surface area (Å²) in [5, 5.41) is 9.26. The third kappa shape index (κ3) is 3.11. The molecule has 0 radical (unpaired) electrons. The van der Waals surface area contributed by atoms with Gasteiger partial charge in [-0.05, 0) is 34.7 Å². The van der Waals surface area contributed by atoms with Gasteiger partial charge in [-0.1, -0.05) is 23.2 Å². The lowest BCUT2D eigenvalue weighted by Gasteiger charge is -2.01. The van der Waals surface area contributed by atoms with Crippen LogP contribution in [0.1, 0.15) is 0 Å². The summed E-state index contributed by atoms with van der Waals surface area (Å²) in [6.07, 6.45) is 0.796. The van der Waals surface area contributed by atoms with Crippen molar-refractivity contribution in [1.82, 2.24) is 0 Å². The molecular formula is C8H4Cl2INO2. The highest BCUT2D eigenvalue weighted by Crippen LogP contribution is 2.31. The number of carboxylic acid groups (broad SMARTS) is 1. The highest BCUT2D eigenvalue weighted by molar-refractivity contribution is 14.1. The first-order chi connectivity index (χ1) is 6.50. The number of aliphatic imine (C=N–C) groups is 1. The molecule has 14 heavy (non-hydrogen) atoms. The molecule has 0 aliphatic carbocycles. The van der Waals surface area contributed by atoms with Crippen LogP contribution in [0.25, 0.3) is 0 Å². The summed E-state index contributed by atoms with van der Waals surface area (Å²) in [5.74, 6) is -1.11. The molecule has 6 heteroatoms. The van der Waals surface area contributed by atoms with Gasteiger partial charge in [0.2, 0.25) is 0 Å². The van der Waals surface area contributed by atoms with Crippen molar-refractivity contribution >= 4 is 63.7 Å². The number of hydrogen-bond acceptors (Lipinski definition) is 2. The summed E-state index contributed by atoms with van der Waals surface area (Å²) in [7, 11) is 0. The van der Waals surface area contributed by atoms with Gasteiger partial charge in [-0.3, -0.25) is 0 Å². The van der Waals surface area contributed by atoms with Crippen molar-refractivity contribution in [2.45, 2.75) is 0 Å². The molecule has 0 spiro atoms. The quantitative estimate of drug-likeness (QED) is 0.508. The summed E-state index contributed by atoms with van der Waals surface area (Å²) in [4.78, 5) is 14.0. The van der Waals surface area contributed by atoms with Crippen LogP contribution in [0.3, 0.4) is 0 Å². The summed E-state index contributed by atoms with van der Waals surface area (Å²) in [5.41, 5.74) is 0.450. The van der Waals surface area contributed by atoms with E-state index in [9.17, 15) is 4.79 Å². The molecule has 0 aliphatic rings. The lowest BCUT2D eigenvalue weighted by Crippen LogP contribution is -1.94. The number of carboxylic acids is 1. The third-order valence-electron chi connectivity index (χ3n) is 1.29. The Hall–Kier alpha value is -0.330. The van der Waals surface area contributed by atoms with Crippen LogP contribution in [-0.4, -0.2) is 17.3 Å². The second-order valence-corrected chi connectivity index (χ2v) is 4.24. The lowest BCUT2D eigenvalue weighted by molar-refractivity contribution is -0.128. The second kappa shape index (κ2) is 4.95. The van der Waals surface area contributed by atoms with E-state index in [-0.39, 0.29) is 0 Å². The van der Waals surface area contributed by atoms with Gasteiger partial charge in [-0.25, -0.2) is 9.79 Å². The molecule has 0 saturated heterocycles. The Morgan fingerprint density at radius 1 is 1.50 bits per heavy atom. The Bertz CT molecular complexity index is 407. The van der Waals surface area contributed by atoms with Crippen LogP contribution in [0.5, 0.6) is 0 Å². The molecule has 0 unspecified atom stereocenters. The van der Waals surface area contributed by atoms with Crippen LogP contribution in [0.4, 0.5) is 5.69 Å². The van der Waals surface area contributed by atoms with Gasteiger partial charge in [-0.15, -0.1) is 0 Å². The summed E-state index contributed by atoms with van der Waals surface area (Å²) >= 11 is 13.5. The standard InChI is InChI=1S/C8H4Cl2INO2/c9-4-1-5(10)8(11)6(2-4)12-3-7(13)14/h1-3H,(H,13,14). The molecule has 0 aromatic heterocycles. The fourth-order valence-corrected chi connectivity index (χ4v) is 1.69. The second-order valence-electron chi connectivity index (χ2n) is 2.32. The van der Waals surface area contributed by atoms with Gasteiger partial charge >= 0.3 is 5.97 Å². The topological polar surface area (TPSA) is 49.7 Å². The number of benzene rings is 1. The highest BCUT2D eigenvalue weighted by Gasteiger charge is 2.05. The average molecular weight is 344 g/mol. The third-order valence-corrected chi connectivity index (χ3v) is 3.26. The predicted molar refractivity (Wildman–Crippen MR) is 65.0 cm³/mol. The molecule has 1 aromatic carbocycles. The molecule has 1 rings (SSSR count). The lowest BCUT2D eigenvalue weighted by atomic mass is 10.3. The van der Waals surface area contributed by atoms with Crippen molar-refractivity contribution in [3.05, 3.63) is 25.7 Å². The van der Waals surface area contributed by atoms with Crippen molar-refractivity contribution in [2.24, 2.45) is 4.99 Å². The Balaban J connectivity index is 3.14. The van der Waals surface area contributed by atoms with Gasteiger partial charge in [-0.2, -0.15) is 0 Å². The first-order valence-electron chi connectivity index (χ1n) is 3.42. The van der Waals surface area contributed by atoms with E-state index in [2.05, 4.69) is 4.99 Å². The van der Waals surface area contributed by atoms with Crippen LogP contribution < -0.4 is 0 Å². The Morgan fingerprint density at radius 2 is 2.14 bits per heavy atom. The molecule has 0 bridgehead atoms.